The molecule has 7 heteroatoms. The van der Waals surface area contributed by atoms with Gasteiger partial charge in [-0.3, -0.25) is 4.79 Å². The standard InChI is InChI=1S/C9H9N5OS/c1-6-2-7(13-11-3-6)9(15)10-4-8-14-12-5-16-8/h2-3,5H,4H2,1H3,(H,10,15). The number of nitrogens with one attached hydrogen (secondary N) is 1. The SMILES string of the molecule is Cc1cnnc(C(=O)NCc2nncs2)c1. The van der Waals surface area contributed by atoms with E-state index in [-0.39, 0.29) is 5.91 Å². The normalized spacial score (nSPS) is 10.1. The first-order chi connectivity index (χ1) is 7.75. The molecular formula is C9H9N5OS. The van der Waals surface area contributed by atoms with Gasteiger partial charge in [-0.05, 0) is 18.6 Å². The van der Waals surface area contributed by atoms with Crippen molar-refractivity contribution >= 4 is 17.2 Å². The second-order valence-electron chi connectivity index (χ2n) is 3.13. The van der Waals surface area contributed by atoms with Crippen LogP contribution in [-0.2, 0) is 6.54 Å². The van der Waals surface area contributed by atoms with Gasteiger partial charge >= 0.3 is 0 Å². The van der Waals surface area contributed by atoms with Crippen LogP contribution in [0.1, 0.15) is 21.1 Å². The van der Waals surface area contributed by atoms with Gasteiger partial charge in [0, 0.05) is 0 Å². The molecule has 0 saturated heterocycles. The monoisotopic (exact) mass is 235 g/mol. The molecule has 0 bridgehead atoms. The molecule has 2 aromatic rings. The maximum Gasteiger partial charge on any atom is 0.272 e. The lowest BCUT2D eigenvalue weighted by Crippen LogP contribution is -2.24. The molecular weight excluding hydrogens is 226 g/mol. The summed E-state index contributed by atoms with van der Waals surface area (Å²) in [6.45, 7) is 2.22. The second-order valence-corrected chi connectivity index (χ2v) is 4.05. The summed E-state index contributed by atoms with van der Waals surface area (Å²) < 4.78 is 0. The summed E-state index contributed by atoms with van der Waals surface area (Å²) in [5.74, 6) is -0.258. The van der Waals surface area contributed by atoms with E-state index in [4.69, 9.17) is 0 Å². The van der Waals surface area contributed by atoms with Crippen LogP contribution in [0, 0.1) is 6.92 Å². The van der Waals surface area contributed by atoms with Crippen LogP contribution in [0.2, 0.25) is 0 Å². The topological polar surface area (TPSA) is 80.7 Å². The van der Waals surface area contributed by atoms with E-state index in [1.165, 1.54) is 11.3 Å². The van der Waals surface area contributed by atoms with E-state index in [1.54, 1.807) is 17.8 Å². The lowest BCUT2D eigenvalue weighted by molar-refractivity contribution is 0.0944. The largest absolute Gasteiger partial charge is 0.344 e. The van der Waals surface area contributed by atoms with Crippen molar-refractivity contribution in [2.24, 2.45) is 0 Å². The van der Waals surface area contributed by atoms with Crippen LogP contribution < -0.4 is 5.32 Å². The Labute approximate surface area is 95.8 Å². The van der Waals surface area contributed by atoms with Gasteiger partial charge in [0.2, 0.25) is 0 Å². The number of amides is 1. The molecule has 0 atom stereocenters. The molecule has 0 unspecified atom stereocenters. The predicted molar refractivity (Wildman–Crippen MR) is 57.8 cm³/mol. The molecule has 0 aromatic carbocycles. The summed E-state index contributed by atoms with van der Waals surface area (Å²) in [7, 11) is 0. The van der Waals surface area contributed by atoms with Crippen molar-refractivity contribution in [2.75, 3.05) is 0 Å². The highest BCUT2D eigenvalue weighted by atomic mass is 32.1. The molecule has 2 aromatic heterocycles. The van der Waals surface area contributed by atoms with Crippen LogP contribution in [0.25, 0.3) is 0 Å². The molecule has 0 aliphatic rings. The summed E-state index contributed by atoms with van der Waals surface area (Å²) in [5, 5.41) is 18.4. The molecule has 0 aliphatic carbocycles. The minimum Gasteiger partial charge on any atom is -0.344 e. The van der Waals surface area contributed by atoms with Gasteiger partial charge < -0.3 is 5.32 Å². The quantitative estimate of drug-likeness (QED) is 0.841. The van der Waals surface area contributed by atoms with E-state index in [0.29, 0.717) is 12.2 Å². The fraction of sp³-hybridized carbons (Fsp3) is 0.222. The molecule has 2 rings (SSSR count). The predicted octanol–water partition coefficient (Wildman–Crippen LogP) is 0.567. The molecule has 6 nitrogen and oxygen atoms in total. The average molecular weight is 235 g/mol. The molecule has 0 spiro atoms. The van der Waals surface area contributed by atoms with Gasteiger partial charge in [0.15, 0.2) is 5.69 Å². The van der Waals surface area contributed by atoms with E-state index in [9.17, 15) is 4.79 Å². The number of rotatable bonds is 3. The summed E-state index contributed by atoms with van der Waals surface area (Å²) in [5.41, 5.74) is 2.83. The Morgan fingerprint density at radius 3 is 3.00 bits per heavy atom. The maximum atomic E-state index is 11.6. The second kappa shape index (κ2) is 4.75. The molecule has 0 radical (unpaired) electrons. The first-order valence-electron chi connectivity index (χ1n) is 4.58. The molecule has 1 N–H and O–H groups in total. The van der Waals surface area contributed by atoms with Crippen molar-refractivity contribution in [3.63, 3.8) is 0 Å². The smallest absolute Gasteiger partial charge is 0.272 e. The number of aromatic nitrogens is 4. The number of hydrogen-bond acceptors (Lipinski definition) is 6. The lowest BCUT2D eigenvalue weighted by Gasteiger charge is -2.01. The van der Waals surface area contributed by atoms with Crippen molar-refractivity contribution in [1.82, 2.24) is 25.7 Å². The minimum atomic E-state index is -0.258. The highest BCUT2D eigenvalue weighted by molar-refractivity contribution is 7.09. The zero-order valence-corrected chi connectivity index (χ0v) is 9.36. The Bertz CT molecular complexity index is 484. The first kappa shape index (κ1) is 10.6. The number of nitrogens with zero attached hydrogens (tertiary/aromatic N) is 4. The Balaban J connectivity index is 1.98. The van der Waals surface area contributed by atoms with Crippen LogP contribution in [0.3, 0.4) is 0 Å². The highest BCUT2D eigenvalue weighted by Gasteiger charge is 2.08. The van der Waals surface area contributed by atoms with Crippen LogP contribution in [0.15, 0.2) is 17.8 Å². The Hall–Kier alpha value is -1.89. The summed E-state index contributed by atoms with van der Waals surface area (Å²) >= 11 is 1.39. The first-order valence-corrected chi connectivity index (χ1v) is 5.46. The van der Waals surface area contributed by atoms with Gasteiger partial charge in [-0.2, -0.15) is 5.10 Å². The molecule has 1 amide bonds. The van der Waals surface area contributed by atoms with Crippen molar-refractivity contribution in [2.45, 2.75) is 13.5 Å². The zero-order valence-electron chi connectivity index (χ0n) is 8.54. The van der Waals surface area contributed by atoms with Crippen molar-refractivity contribution in [1.29, 1.82) is 0 Å². The summed E-state index contributed by atoms with van der Waals surface area (Å²) in [6.07, 6.45) is 1.60. The lowest BCUT2D eigenvalue weighted by atomic mass is 10.3. The van der Waals surface area contributed by atoms with Gasteiger partial charge in [0.05, 0.1) is 12.7 Å². The molecule has 0 saturated carbocycles. The Morgan fingerprint density at radius 2 is 2.31 bits per heavy atom. The van der Waals surface area contributed by atoms with Crippen molar-refractivity contribution < 1.29 is 4.79 Å². The van der Waals surface area contributed by atoms with Crippen molar-refractivity contribution in [3.05, 3.63) is 34.0 Å². The van der Waals surface area contributed by atoms with E-state index >= 15 is 0 Å². The molecule has 16 heavy (non-hydrogen) atoms. The summed E-state index contributed by atoms with van der Waals surface area (Å²) in [4.78, 5) is 11.6. The van der Waals surface area contributed by atoms with Gasteiger partial charge in [-0.1, -0.05) is 0 Å². The Morgan fingerprint density at radius 1 is 1.44 bits per heavy atom. The fourth-order valence-electron chi connectivity index (χ4n) is 1.09. The van der Waals surface area contributed by atoms with Crippen molar-refractivity contribution in [3.8, 4) is 0 Å². The maximum absolute atomic E-state index is 11.6. The van der Waals surface area contributed by atoms with Gasteiger partial charge in [-0.15, -0.1) is 26.6 Å². The van der Waals surface area contributed by atoms with Crippen LogP contribution >= 0.6 is 11.3 Å². The third-order valence-electron chi connectivity index (χ3n) is 1.83. The third kappa shape index (κ3) is 2.57. The molecule has 0 fully saturated rings. The van der Waals surface area contributed by atoms with Gasteiger partial charge in [0.25, 0.3) is 5.91 Å². The number of hydrogen-bond donors (Lipinski definition) is 1. The fourth-order valence-corrected chi connectivity index (χ4v) is 1.56. The zero-order chi connectivity index (χ0) is 11.4. The number of carbonyl (C=O) groups excluding carboxylic acids is 1. The Kier molecular flexibility index (Phi) is 3.16. The molecule has 0 aliphatic heterocycles. The van der Waals surface area contributed by atoms with Gasteiger partial charge in [-0.25, -0.2) is 0 Å². The van der Waals surface area contributed by atoms with Crippen LogP contribution in [0.5, 0.6) is 0 Å². The average Bonchev–Trinajstić information content (AvgIpc) is 2.78. The van der Waals surface area contributed by atoms with E-state index in [1.807, 2.05) is 6.92 Å². The van der Waals surface area contributed by atoms with Gasteiger partial charge in [0.1, 0.15) is 10.5 Å². The number of carbonyl (C=O) groups is 1. The minimum absolute atomic E-state index is 0.258. The molecule has 82 valence electrons. The highest BCUT2D eigenvalue weighted by Crippen LogP contribution is 2.01. The third-order valence-corrected chi connectivity index (χ3v) is 2.53. The molecule has 2 heterocycles. The van der Waals surface area contributed by atoms with E-state index < -0.39 is 0 Å². The van der Waals surface area contributed by atoms with E-state index in [2.05, 4.69) is 25.7 Å². The van der Waals surface area contributed by atoms with Crippen LogP contribution in [-0.4, -0.2) is 26.3 Å². The van der Waals surface area contributed by atoms with Crippen LogP contribution in [0.4, 0.5) is 0 Å². The summed E-state index contributed by atoms with van der Waals surface area (Å²) in [6, 6.07) is 1.68. The van der Waals surface area contributed by atoms with E-state index in [0.717, 1.165) is 10.6 Å². The number of aryl methyl sites for hydroxylation is 1.